The van der Waals surface area contributed by atoms with E-state index in [-0.39, 0.29) is 49.3 Å². The SMILES string of the molecule is [B]C1C(Cl)CC(Cl)C1CCCCC[CH2-].[Y]. The van der Waals surface area contributed by atoms with Crippen molar-refractivity contribution in [2.45, 2.75) is 55.1 Å². The van der Waals surface area contributed by atoms with Crippen LogP contribution in [0.5, 0.6) is 0 Å². The Balaban J connectivity index is 0.00000196. The van der Waals surface area contributed by atoms with E-state index >= 15 is 0 Å². The summed E-state index contributed by atoms with van der Waals surface area (Å²) in [4.78, 5) is 0. The maximum absolute atomic E-state index is 6.20. The van der Waals surface area contributed by atoms with Crippen molar-refractivity contribution in [3.05, 3.63) is 6.92 Å². The summed E-state index contributed by atoms with van der Waals surface area (Å²) in [5.41, 5.74) is 0. The van der Waals surface area contributed by atoms with Crippen LogP contribution in [0.25, 0.3) is 0 Å². The molecule has 0 bridgehead atoms. The monoisotopic (exact) mass is 320 g/mol. The molecule has 1 rings (SSSR count). The van der Waals surface area contributed by atoms with Gasteiger partial charge in [-0.3, -0.25) is 0 Å². The number of hydrogen-bond acceptors (Lipinski definition) is 0. The van der Waals surface area contributed by atoms with Crippen molar-refractivity contribution in [3.63, 3.8) is 0 Å². The van der Waals surface area contributed by atoms with Gasteiger partial charge in [0, 0.05) is 43.5 Å². The van der Waals surface area contributed by atoms with Crippen molar-refractivity contribution in [2.24, 2.45) is 5.92 Å². The summed E-state index contributed by atoms with van der Waals surface area (Å²) in [5, 5.41) is 0.266. The molecule has 3 radical (unpaired) electrons. The summed E-state index contributed by atoms with van der Waals surface area (Å²) in [6, 6.07) is 0. The standard InChI is InChI=1S/C11H18BCl2.Y/c1-2-3-4-5-6-8-9(13)7-10(14)11(8)12;/h8-11H,1-7H2;/q-1;. The minimum Gasteiger partial charge on any atom is -0.343 e. The van der Waals surface area contributed by atoms with Crippen molar-refractivity contribution in [1.82, 2.24) is 0 Å². The predicted molar refractivity (Wildman–Crippen MR) is 65.3 cm³/mol. The Bertz CT molecular complexity index is 169. The first-order valence-electron chi connectivity index (χ1n) is 5.49. The molecule has 0 N–H and O–H groups in total. The summed E-state index contributed by atoms with van der Waals surface area (Å²) in [5.74, 6) is 0.517. The van der Waals surface area contributed by atoms with Crippen molar-refractivity contribution in [2.75, 3.05) is 0 Å². The molecule has 0 aromatic carbocycles. The van der Waals surface area contributed by atoms with Crippen LogP contribution < -0.4 is 0 Å². The summed E-state index contributed by atoms with van der Waals surface area (Å²) in [6.45, 7) is 3.83. The molecule has 4 heteroatoms. The van der Waals surface area contributed by atoms with Crippen LogP contribution in [0.15, 0.2) is 0 Å². The molecule has 0 aliphatic heterocycles. The topological polar surface area (TPSA) is 0 Å². The van der Waals surface area contributed by atoms with Crippen LogP contribution in [0.3, 0.4) is 0 Å². The van der Waals surface area contributed by atoms with Gasteiger partial charge in [-0.2, -0.15) is 6.42 Å². The Kier molecular flexibility index (Phi) is 9.81. The third kappa shape index (κ3) is 5.28. The van der Waals surface area contributed by atoms with E-state index in [0.29, 0.717) is 5.92 Å². The van der Waals surface area contributed by atoms with Crippen LogP contribution in [-0.2, 0) is 32.7 Å². The molecule has 4 atom stereocenters. The van der Waals surface area contributed by atoms with Crippen LogP contribution in [-0.4, -0.2) is 18.6 Å². The molecule has 1 aliphatic carbocycles. The van der Waals surface area contributed by atoms with Gasteiger partial charge in [0.15, 0.2) is 0 Å². The van der Waals surface area contributed by atoms with Gasteiger partial charge in [0.05, 0.1) is 7.85 Å². The second-order valence-electron chi connectivity index (χ2n) is 4.21. The number of halogens is 2. The van der Waals surface area contributed by atoms with E-state index in [4.69, 9.17) is 31.0 Å². The number of rotatable bonds is 5. The Morgan fingerprint density at radius 1 is 1.13 bits per heavy atom. The zero-order valence-electron chi connectivity index (χ0n) is 9.17. The molecule has 0 aromatic heterocycles. The quantitative estimate of drug-likeness (QED) is 0.311. The first-order chi connectivity index (χ1) is 6.66. The molecule has 0 heterocycles. The molecule has 0 nitrogen and oxygen atoms in total. The van der Waals surface area contributed by atoms with Gasteiger partial charge in [0.1, 0.15) is 0 Å². The van der Waals surface area contributed by atoms with Crippen LogP contribution in [0.4, 0.5) is 0 Å². The molecular weight excluding hydrogens is 303 g/mol. The molecular formula is C11H18BCl2Y-. The van der Waals surface area contributed by atoms with Gasteiger partial charge in [-0.1, -0.05) is 25.1 Å². The van der Waals surface area contributed by atoms with Crippen LogP contribution in [0.1, 0.15) is 38.5 Å². The zero-order chi connectivity index (χ0) is 10.6. The molecule has 1 aliphatic rings. The molecule has 83 valence electrons. The van der Waals surface area contributed by atoms with Crippen molar-refractivity contribution in [3.8, 4) is 0 Å². The van der Waals surface area contributed by atoms with Crippen molar-refractivity contribution in [1.29, 1.82) is 0 Å². The number of hydrogen-bond donors (Lipinski definition) is 0. The summed E-state index contributed by atoms with van der Waals surface area (Å²) in [6.07, 6.45) is 6.67. The molecule has 1 saturated carbocycles. The molecule has 15 heavy (non-hydrogen) atoms. The van der Waals surface area contributed by atoms with Crippen molar-refractivity contribution >= 4 is 31.0 Å². The molecule has 1 fully saturated rings. The van der Waals surface area contributed by atoms with Gasteiger partial charge < -0.3 is 6.92 Å². The minimum absolute atomic E-state index is 0. The normalized spacial score (nSPS) is 35.1. The Morgan fingerprint density at radius 3 is 2.27 bits per heavy atom. The molecule has 0 saturated heterocycles. The van der Waals surface area contributed by atoms with E-state index in [1.54, 1.807) is 0 Å². The van der Waals surface area contributed by atoms with Gasteiger partial charge in [-0.15, -0.1) is 23.2 Å². The van der Waals surface area contributed by atoms with E-state index in [1.165, 1.54) is 19.3 Å². The third-order valence-electron chi connectivity index (χ3n) is 3.11. The summed E-state index contributed by atoms with van der Waals surface area (Å²) in [7, 11) is 6.00. The minimum atomic E-state index is 0. The fourth-order valence-electron chi connectivity index (χ4n) is 2.16. The molecule has 0 spiro atoms. The molecule has 0 amide bonds. The van der Waals surface area contributed by atoms with Crippen LogP contribution >= 0.6 is 23.2 Å². The molecule has 0 aromatic rings. The fraction of sp³-hybridized carbons (Fsp3) is 0.909. The van der Waals surface area contributed by atoms with Crippen molar-refractivity contribution < 1.29 is 32.7 Å². The van der Waals surface area contributed by atoms with E-state index in [1.807, 2.05) is 0 Å². The van der Waals surface area contributed by atoms with Gasteiger partial charge >= 0.3 is 0 Å². The molecule has 4 unspecified atom stereocenters. The maximum atomic E-state index is 6.20. The first-order valence-corrected chi connectivity index (χ1v) is 6.37. The predicted octanol–water partition coefficient (Wildman–Crippen LogP) is 3.96. The summed E-state index contributed by atoms with van der Waals surface area (Å²) >= 11 is 12.3. The van der Waals surface area contributed by atoms with Crippen LogP contribution in [0, 0.1) is 12.8 Å². The van der Waals surface area contributed by atoms with Gasteiger partial charge in [-0.25, -0.2) is 0 Å². The van der Waals surface area contributed by atoms with E-state index in [0.717, 1.165) is 19.3 Å². The maximum Gasteiger partial charge on any atom is 0.0724 e. The first kappa shape index (κ1) is 16.7. The van der Waals surface area contributed by atoms with Gasteiger partial charge in [0.2, 0.25) is 0 Å². The van der Waals surface area contributed by atoms with E-state index in [9.17, 15) is 0 Å². The second-order valence-corrected chi connectivity index (χ2v) is 5.33. The van der Waals surface area contributed by atoms with E-state index in [2.05, 4.69) is 6.92 Å². The smallest absolute Gasteiger partial charge is 0.0724 e. The zero-order valence-corrected chi connectivity index (χ0v) is 13.5. The number of unbranched alkanes of at least 4 members (excludes halogenated alkanes) is 3. The van der Waals surface area contributed by atoms with Crippen LogP contribution in [0.2, 0.25) is 5.82 Å². The second kappa shape index (κ2) is 8.78. The van der Waals surface area contributed by atoms with Gasteiger partial charge in [-0.05, 0) is 18.8 Å². The Labute approximate surface area is 131 Å². The largest absolute Gasteiger partial charge is 0.343 e. The number of alkyl halides is 2. The summed E-state index contributed by atoms with van der Waals surface area (Å²) < 4.78 is 0. The third-order valence-corrected chi connectivity index (χ3v) is 4.09. The Hall–Kier alpha value is 1.75. The Morgan fingerprint density at radius 2 is 1.80 bits per heavy atom. The average Bonchev–Trinajstić information content (AvgIpc) is 2.38. The average molecular weight is 321 g/mol. The van der Waals surface area contributed by atoms with Gasteiger partial charge in [0.25, 0.3) is 0 Å². The van der Waals surface area contributed by atoms with E-state index < -0.39 is 0 Å². The fourth-order valence-corrected chi connectivity index (χ4v) is 3.12.